The van der Waals surface area contributed by atoms with Crippen LogP contribution in [0, 0.1) is 10.1 Å². The van der Waals surface area contributed by atoms with Gasteiger partial charge < -0.3 is 14.0 Å². The second kappa shape index (κ2) is 5.76. The minimum absolute atomic E-state index is 0.0356. The zero-order chi connectivity index (χ0) is 15.7. The number of hydrogen-bond acceptors (Lipinski definition) is 6. The van der Waals surface area contributed by atoms with Crippen LogP contribution in [0.1, 0.15) is 12.0 Å². The number of ether oxygens (including phenoxy) is 2. The van der Waals surface area contributed by atoms with Gasteiger partial charge in [-0.25, -0.2) is 4.79 Å². The van der Waals surface area contributed by atoms with Crippen LogP contribution in [0.5, 0.6) is 0 Å². The lowest BCUT2D eigenvalue weighted by Gasteiger charge is -2.26. The molecule has 1 aliphatic carbocycles. The Morgan fingerprint density at radius 3 is 2.77 bits per heavy atom. The van der Waals surface area contributed by atoms with E-state index in [-0.39, 0.29) is 24.5 Å². The number of hydrogen-bond donors (Lipinski definition) is 0. The number of rotatable bonds is 5. The van der Waals surface area contributed by atoms with E-state index in [4.69, 9.17) is 14.0 Å². The first-order chi connectivity index (χ1) is 10.5. The third kappa shape index (κ3) is 2.63. The van der Waals surface area contributed by atoms with Crippen LogP contribution in [0.2, 0.25) is 0 Å². The fourth-order valence-electron chi connectivity index (χ4n) is 2.56. The first-order valence-corrected chi connectivity index (χ1v) is 7.14. The van der Waals surface area contributed by atoms with Crippen molar-refractivity contribution in [3.63, 3.8) is 0 Å². The molecule has 2 bridgehead atoms. The van der Waals surface area contributed by atoms with Crippen molar-refractivity contribution >= 4 is 21.1 Å². The SMILES string of the molecule is O=C1O[C@@H]2C[C@@]1(OP)C=C[C@H]2OCc1ccc([N+](=O)[O-])cc1. The third-order valence-corrected chi connectivity index (χ3v) is 4.25. The number of carbonyl (C=O) groups excluding carboxylic acids is 1. The highest BCUT2D eigenvalue weighted by atomic mass is 31.0. The van der Waals surface area contributed by atoms with E-state index in [0.717, 1.165) is 5.56 Å². The van der Waals surface area contributed by atoms with Crippen LogP contribution in [0.25, 0.3) is 0 Å². The van der Waals surface area contributed by atoms with Gasteiger partial charge in [0.2, 0.25) is 0 Å². The molecule has 0 saturated carbocycles. The average Bonchev–Trinajstić information content (AvgIpc) is 2.79. The van der Waals surface area contributed by atoms with E-state index in [0.29, 0.717) is 6.42 Å². The first-order valence-electron chi connectivity index (χ1n) is 6.67. The fraction of sp³-hybridized carbons (Fsp3) is 0.357. The predicted octanol–water partition coefficient (Wildman–Crippen LogP) is 1.91. The summed E-state index contributed by atoms with van der Waals surface area (Å²) in [6.45, 7) is 0.274. The van der Waals surface area contributed by atoms with Crippen molar-refractivity contribution in [3.8, 4) is 0 Å². The Labute approximate surface area is 128 Å². The van der Waals surface area contributed by atoms with Gasteiger partial charge in [0, 0.05) is 28.0 Å². The maximum absolute atomic E-state index is 11.8. The smallest absolute Gasteiger partial charge is 0.343 e. The highest BCUT2D eigenvalue weighted by Crippen LogP contribution is 2.39. The van der Waals surface area contributed by atoms with Crippen LogP contribution < -0.4 is 0 Å². The molecule has 0 aromatic heterocycles. The van der Waals surface area contributed by atoms with Crippen molar-refractivity contribution in [2.45, 2.75) is 30.8 Å². The molecule has 1 aliphatic heterocycles. The Hall–Kier alpha value is -1.82. The molecule has 116 valence electrons. The van der Waals surface area contributed by atoms with Crippen molar-refractivity contribution in [1.82, 2.24) is 0 Å². The number of carbonyl (C=O) groups is 1. The summed E-state index contributed by atoms with van der Waals surface area (Å²) < 4.78 is 16.2. The van der Waals surface area contributed by atoms with E-state index in [9.17, 15) is 14.9 Å². The van der Waals surface area contributed by atoms with Crippen molar-refractivity contribution in [3.05, 3.63) is 52.1 Å². The summed E-state index contributed by atoms with van der Waals surface area (Å²) in [5, 5.41) is 10.6. The normalized spacial score (nSPS) is 29.4. The summed E-state index contributed by atoms with van der Waals surface area (Å²) in [5.74, 6) is -0.412. The van der Waals surface area contributed by atoms with Crippen LogP contribution >= 0.6 is 9.47 Å². The molecule has 0 amide bonds. The van der Waals surface area contributed by atoms with Gasteiger partial charge >= 0.3 is 5.97 Å². The molecule has 7 nitrogen and oxygen atoms in total. The lowest BCUT2D eigenvalue weighted by Crippen LogP contribution is -2.37. The number of fused-ring (bicyclic) bond motifs is 2. The molecule has 1 unspecified atom stereocenters. The molecule has 1 fully saturated rings. The molecule has 22 heavy (non-hydrogen) atoms. The topological polar surface area (TPSA) is 87.9 Å². The fourth-order valence-corrected chi connectivity index (χ4v) is 2.83. The minimum atomic E-state index is -1.01. The molecule has 0 N–H and O–H groups in total. The van der Waals surface area contributed by atoms with Gasteiger partial charge in [-0.05, 0) is 23.8 Å². The summed E-state index contributed by atoms with van der Waals surface area (Å²) in [6, 6.07) is 6.14. The van der Waals surface area contributed by atoms with Gasteiger partial charge in [0.05, 0.1) is 11.5 Å². The lowest BCUT2D eigenvalue weighted by atomic mass is 9.91. The molecule has 1 heterocycles. The Morgan fingerprint density at radius 1 is 1.41 bits per heavy atom. The largest absolute Gasteiger partial charge is 0.457 e. The monoisotopic (exact) mass is 323 g/mol. The van der Waals surface area contributed by atoms with Gasteiger partial charge in [0.1, 0.15) is 12.2 Å². The van der Waals surface area contributed by atoms with E-state index in [2.05, 4.69) is 9.47 Å². The number of nitro groups is 1. The van der Waals surface area contributed by atoms with Crippen LogP contribution in [-0.4, -0.2) is 28.7 Å². The molecule has 8 heteroatoms. The Bertz CT molecular complexity index is 631. The zero-order valence-corrected chi connectivity index (χ0v) is 12.7. The summed E-state index contributed by atoms with van der Waals surface area (Å²) in [4.78, 5) is 21.9. The molecule has 0 radical (unpaired) electrons. The highest BCUT2D eigenvalue weighted by Gasteiger charge is 2.53. The van der Waals surface area contributed by atoms with Crippen LogP contribution in [-0.2, 0) is 25.4 Å². The zero-order valence-electron chi connectivity index (χ0n) is 11.5. The summed E-state index contributed by atoms with van der Waals surface area (Å²) in [6.07, 6.45) is 3.10. The average molecular weight is 323 g/mol. The minimum Gasteiger partial charge on any atom is -0.457 e. The Balaban J connectivity index is 1.63. The second-order valence-corrected chi connectivity index (χ2v) is 5.45. The maximum Gasteiger partial charge on any atom is 0.343 e. The summed E-state index contributed by atoms with van der Waals surface area (Å²) in [7, 11) is 2.09. The van der Waals surface area contributed by atoms with E-state index in [1.165, 1.54) is 12.1 Å². The lowest BCUT2D eigenvalue weighted by molar-refractivity contribution is -0.384. The molecular formula is C14H14NO6P. The number of non-ortho nitro benzene ring substituents is 1. The molecule has 4 atom stereocenters. The highest BCUT2D eigenvalue weighted by molar-refractivity contribution is 7.10. The molecular weight excluding hydrogens is 309 g/mol. The van der Waals surface area contributed by atoms with E-state index >= 15 is 0 Å². The number of nitro benzene ring substituents is 1. The van der Waals surface area contributed by atoms with Crippen molar-refractivity contribution in [2.24, 2.45) is 0 Å². The molecule has 1 aromatic rings. The maximum atomic E-state index is 11.8. The van der Waals surface area contributed by atoms with Crippen LogP contribution in [0.3, 0.4) is 0 Å². The molecule has 1 saturated heterocycles. The third-order valence-electron chi connectivity index (χ3n) is 3.83. The Morgan fingerprint density at radius 2 is 2.14 bits per heavy atom. The number of esters is 1. The predicted molar refractivity (Wildman–Crippen MR) is 78.8 cm³/mol. The first kappa shape index (κ1) is 15.1. The van der Waals surface area contributed by atoms with Gasteiger partial charge in [-0.3, -0.25) is 10.1 Å². The second-order valence-electron chi connectivity index (χ2n) is 5.21. The van der Waals surface area contributed by atoms with Gasteiger partial charge in [0.15, 0.2) is 5.60 Å². The molecule has 0 spiro atoms. The van der Waals surface area contributed by atoms with Crippen molar-refractivity contribution < 1.29 is 23.7 Å². The summed E-state index contributed by atoms with van der Waals surface area (Å²) >= 11 is 0. The standard InChI is InChI=1S/C14H14NO6P/c16-13-14(21-22)6-5-11(12(7-14)20-13)19-8-9-1-3-10(4-2-9)15(17)18/h1-6,11-12H,7-8,22H2/t11-,12-,14+/m1/s1. The summed E-state index contributed by atoms with van der Waals surface area (Å²) in [5.41, 5.74) is -0.168. The molecule has 1 aromatic carbocycles. The van der Waals surface area contributed by atoms with Crippen LogP contribution in [0.4, 0.5) is 5.69 Å². The van der Waals surface area contributed by atoms with Crippen molar-refractivity contribution in [1.29, 1.82) is 0 Å². The van der Waals surface area contributed by atoms with Crippen molar-refractivity contribution in [2.75, 3.05) is 0 Å². The van der Waals surface area contributed by atoms with Gasteiger partial charge in [-0.15, -0.1) is 0 Å². The quantitative estimate of drug-likeness (QED) is 0.270. The molecule has 2 aliphatic rings. The number of benzene rings is 1. The van der Waals surface area contributed by atoms with Gasteiger partial charge in [-0.2, -0.15) is 0 Å². The van der Waals surface area contributed by atoms with Gasteiger partial charge in [-0.1, -0.05) is 6.08 Å². The van der Waals surface area contributed by atoms with Crippen LogP contribution in [0.15, 0.2) is 36.4 Å². The molecule has 3 rings (SSSR count). The van der Waals surface area contributed by atoms with Gasteiger partial charge in [0.25, 0.3) is 5.69 Å². The number of nitrogens with zero attached hydrogens (tertiary/aromatic N) is 1. The Kier molecular flexibility index (Phi) is 3.95. The van der Waals surface area contributed by atoms with E-state index < -0.39 is 16.5 Å². The van der Waals surface area contributed by atoms with E-state index in [1.54, 1.807) is 24.3 Å². The van der Waals surface area contributed by atoms with E-state index in [1.807, 2.05) is 0 Å².